The number of likely N-dealkylation sites (N-methyl/N-ethyl adjacent to an activating group) is 1. The number of amides is 1. The molecule has 0 N–H and O–H groups in total. The smallest absolute Gasteiger partial charge is 0.266 e. The number of carbonyl (C=O) groups is 1. The Balaban J connectivity index is 1.55. The lowest BCUT2D eigenvalue weighted by molar-refractivity contribution is -0.121. The van der Waals surface area contributed by atoms with Crippen molar-refractivity contribution < 1.29 is 13.9 Å². The van der Waals surface area contributed by atoms with E-state index in [9.17, 15) is 4.79 Å². The Hall–Kier alpha value is -2.22. The number of amidine groups is 1. The van der Waals surface area contributed by atoms with E-state index in [-0.39, 0.29) is 5.91 Å². The number of ether oxygens (including phenoxy) is 1. The van der Waals surface area contributed by atoms with Crippen LogP contribution in [0.1, 0.15) is 5.76 Å². The summed E-state index contributed by atoms with van der Waals surface area (Å²) in [5.41, 5.74) is 0.634. The molecule has 3 heterocycles. The Kier molecular flexibility index (Phi) is 5.24. The largest absolute Gasteiger partial charge is 0.441 e. The summed E-state index contributed by atoms with van der Waals surface area (Å²) in [7, 11) is 1.70. The number of carbonyl (C=O) groups excluding carboxylic acids is 1. The molecule has 6 nitrogen and oxygen atoms in total. The fourth-order valence-electron chi connectivity index (χ4n) is 2.80. The minimum Gasteiger partial charge on any atom is -0.441 e. The minimum atomic E-state index is -0.116. The fourth-order valence-corrected chi connectivity index (χ4v) is 3.94. The Morgan fingerprint density at radius 1 is 1.19 bits per heavy atom. The van der Waals surface area contributed by atoms with E-state index in [1.54, 1.807) is 19.2 Å². The van der Waals surface area contributed by atoms with E-state index in [2.05, 4.69) is 9.89 Å². The second-order valence-electron chi connectivity index (χ2n) is 6.10. The molecule has 2 saturated heterocycles. The molecule has 0 radical (unpaired) electrons. The van der Waals surface area contributed by atoms with E-state index in [0.29, 0.717) is 39.8 Å². The number of benzene rings is 1. The maximum absolute atomic E-state index is 12.6. The van der Waals surface area contributed by atoms with Gasteiger partial charge in [-0.05, 0) is 30.0 Å². The molecule has 27 heavy (non-hydrogen) atoms. The maximum Gasteiger partial charge on any atom is 0.266 e. The number of morpholine rings is 1. The van der Waals surface area contributed by atoms with Gasteiger partial charge in [-0.15, -0.1) is 0 Å². The topological polar surface area (TPSA) is 58.3 Å². The Labute approximate surface area is 166 Å². The molecule has 2 fully saturated rings. The second-order valence-corrected chi connectivity index (χ2v) is 7.51. The monoisotopic (exact) mass is 403 g/mol. The number of hydrogen-bond donors (Lipinski definition) is 0. The lowest BCUT2D eigenvalue weighted by Crippen LogP contribution is -2.35. The zero-order chi connectivity index (χ0) is 18.8. The molecule has 4 rings (SSSR count). The van der Waals surface area contributed by atoms with Gasteiger partial charge in [-0.1, -0.05) is 23.7 Å². The number of nitrogens with zero attached hydrogens (tertiary/aromatic N) is 3. The summed E-state index contributed by atoms with van der Waals surface area (Å²) >= 11 is 7.47. The summed E-state index contributed by atoms with van der Waals surface area (Å²) in [6, 6.07) is 11.1. The fraction of sp³-hybridized carbons (Fsp3) is 0.263. The lowest BCUT2D eigenvalue weighted by atomic mass is 10.3. The molecule has 0 spiro atoms. The van der Waals surface area contributed by atoms with Gasteiger partial charge in [0.05, 0.1) is 28.8 Å². The molecule has 140 valence electrons. The number of halogens is 1. The van der Waals surface area contributed by atoms with Gasteiger partial charge in [0.2, 0.25) is 0 Å². The van der Waals surface area contributed by atoms with Gasteiger partial charge in [0, 0.05) is 32.3 Å². The molecule has 0 bridgehead atoms. The van der Waals surface area contributed by atoms with Gasteiger partial charge < -0.3 is 14.1 Å². The number of hydrogen-bond acceptors (Lipinski definition) is 6. The molecule has 2 aliphatic rings. The third kappa shape index (κ3) is 3.90. The van der Waals surface area contributed by atoms with E-state index in [0.717, 1.165) is 19.0 Å². The molecular formula is C19H18ClN3O3S. The molecule has 2 aliphatic heterocycles. The van der Waals surface area contributed by atoms with Crippen molar-refractivity contribution in [3.8, 4) is 0 Å². The van der Waals surface area contributed by atoms with Crippen molar-refractivity contribution in [1.29, 1.82) is 0 Å². The highest BCUT2D eigenvalue weighted by molar-refractivity contribution is 8.18. The first-order valence-electron chi connectivity index (χ1n) is 8.55. The van der Waals surface area contributed by atoms with Crippen molar-refractivity contribution >= 4 is 52.1 Å². The van der Waals surface area contributed by atoms with Gasteiger partial charge in [-0.3, -0.25) is 9.69 Å². The molecule has 0 unspecified atom stereocenters. The van der Waals surface area contributed by atoms with Crippen LogP contribution in [0.4, 0.5) is 11.6 Å². The molecule has 0 saturated carbocycles. The van der Waals surface area contributed by atoms with Gasteiger partial charge >= 0.3 is 0 Å². The first-order chi connectivity index (χ1) is 13.1. The molecule has 0 atom stereocenters. The van der Waals surface area contributed by atoms with Crippen LogP contribution >= 0.6 is 23.4 Å². The van der Waals surface area contributed by atoms with Crippen LogP contribution in [0.3, 0.4) is 0 Å². The van der Waals surface area contributed by atoms with Crippen LogP contribution in [0.2, 0.25) is 5.02 Å². The quantitative estimate of drug-likeness (QED) is 0.725. The molecule has 1 aromatic carbocycles. The Morgan fingerprint density at radius 3 is 2.74 bits per heavy atom. The Morgan fingerprint density at radius 2 is 1.96 bits per heavy atom. The summed E-state index contributed by atoms with van der Waals surface area (Å²) < 4.78 is 11.2. The van der Waals surface area contributed by atoms with Crippen LogP contribution in [0.5, 0.6) is 0 Å². The molecule has 8 heteroatoms. The number of rotatable bonds is 3. The highest BCUT2D eigenvalue weighted by Gasteiger charge is 2.31. The van der Waals surface area contributed by atoms with E-state index in [1.165, 1.54) is 16.7 Å². The third-order valence-corrected chi connectivity index (χ3v) is 5.66. The van der Waals surface area contributed by atoms with Gasteiger partial charge in [-0.25, -0.2) is 4.99 Å². The summed E-state index contributed by atoms with van der Waals surface area (Å²) in [4.78, 5) is 21.3. The predicted octanol–water partition coefficient (Wildman–Crippen LogP) is 4.00. The summed E-state index contributed by atoms with van der Waals surface area (Å²) in [5, 5.41) is 1.13. The number of thioether (sulfide) groups is 1. The van der Waals surface area contributed by atoms with Crippen LogP contribution in [0.15, 0.2) is 50.7 Å². The van der Waals surface area contributed by atoms with Crippen molar-refractivity contribution in [1.82, 2.24) is 4.90 Å². The molecule has 1 aromatic heterocycles. The number of para-hydroxylation sites is 1. The van der Waals surface area contributed by atoms with Crippen molar-refractivity contribution in [2.45, 2.75) is 0 Å². The van der Waals surface area contributed by atoms with Crippen molar-refractivity contribution in [3.05, 3.63) is 52.1 Å². The zero-order valence-electron chi connectivity index (χ0n) is 14.7. The van der Waals surface area contributed by atoms with Gasteiger partial charge in [0.25, 0.3) is 5.91 Å². The summed E-state index contributed by atoms with van der Waals surface area (Å²) in [6.07, 6.45) is 1.75. The van der Waals surface area contributed by atoms with E-state index in [4.69, 9.17) is 20.8 Å². The van der Waals surface area contributed by atoms with Crippen LogP contribution in [0, 0.1) is 0 Å². The maximum atomic E-state index is 12.6. The first-order valence-corrected chi connectivity index (χ1v) is 9.74. The third-order valence-electron chi connectivity index (χ3n) is 4.28. The van der Waals surface area contributed by atoms with E-state index < -0.39 is 0 Å². The van der Waals surface area contributed by atoms with Crippen LogP contribution in [0.25, 0.3) is 6.08 Å². The average molecular weight is 404 g/mol. The van der Waals surface area contributed by atoms with Gasteiger partial charge in [-0.2, -0.15) is 0 Å². The van der Waals surface area contributed by atoms with E-state index >= 15 is 0 Å². The van der Waals surface area contributed by atoms with Crippen molar-refractivity contribution in [2.24, 2.45) is 4.99 Å². The van der Waals surface area contributed by atoms with Crippen molar-refractivity contribution in [2.75, 3.05) is 38.3 Å². The molecular weight excluding hydrogens is 386 g/mol. The van der Waals surface area contributed by atoms with Crippen LogP contribution in [-0.2, 0) is 9.53 Å². The predicted molar refractivity (Wildman–Crippen MR) is 109 cm³/mol. The standard InChI is InChI=1S/C19H18ClN3O3S/c1-22-18(24)16(27-19(22)21-15-5-3-2-4-14(15)20)12-13-6-7-17(26-13)23-8-10-25-11-9-23/h2-7,12H,8-11H2,1H3/b16-12+,21-19?. The molecule has 0 aliphatic carbocycles. The Bertz CT molecular complexity index is 918. The lowest BCUT2D eigenvalue weighted by Gasteiger charge is -2.26. The first kappa shape index (κ1) is 18.2. The van der Waals surface area contributed by atoms with Crippen LogP contribution < -0.4 is 4.90 Å². The summed E-state index contributed by atoms with van der Waals surface area (Å²) in [5.74, 6) is 1.31. The highest BCUT2D eigenvalue weighted by atomic mass is 35.5. The number of aliphatic imine (C=N–C) groups is 1. The SMILES string of the molecule is CN1C(=O)/C(=C\c2ccc(N3CCOCC3)o2)SC1=Nc1ccccc1Cl. The molecule has 1 amide bonds. The van der Waals surface area contributed by atoms with Gasteiger partial charge in [0.1, 0.15) is 5.76 Å². The normalized spacial score (nSPS) is 20.9. The second kappa shape index (κ2) is 7.80. The summed E-state index contributed by atoms with van der Waals surface area (Å²) in [6.45, 7) is 2.99. The number of furan rings is 1. The highest BCUT2D eigenvalue weighted by Crippen LogP contribution is 2.35. The molecule has 2 aromatic rings. The van der Waals surface area contributed by atoms with Crippen LogP contribution in [-0.4, -0.2) is 49.3 Å². The average Bonchev–Trinajstić information content (AvgIpc) is 3.25. The van der Waals surface area contributed by atoms with Crippen molar-refractivity contribution in [3.63, 3.8) is 0 Å². The zero-order valence-corrected chi connectivity index (χ0v) is 16.3. The minimum absolute atomic E-state index is 0.116. The number of anilines is 1. The van der Waals surface area contributed by atoms with Gasteiger partial charge in [0.15, 0.2) is 11.1 Å². The van der Waals surface area contributed by atoms with E-state index in [1.807, 2.05) is 30.3 Å².